The van der Waals surface area contributed by atoms with Crippen LogP contribution in [0, 0.1) is 36.0 Å². The van der Waals surface area contributed by atoms with E-state index in [-0.39, 0.29) is 5.60 Å². The Morgan fingerprint density at radius 2 is 1.56 bits per heavy atom. The number of terminal acetylenes is 1. The Morgan fingerprint density at radius 3 is 1.75 bits per heavy atom. The fourth-order valence-corrected chi connectivity index (χ4v) is 3.50. The van der Waals surface area contributed by atoms with Crippen molar-refractivity contribution < 1.29 is 4.43 Å². The molecule has 0 aromatic rings. The highest BCUT2D eigenvalue weighted by Crippen LogP contribution is 2.42. The Morgan fingerprint density at radius 1 is 1.12 bits per heavy atom. The van der Waals surface area contributed by atoms with Crippen LogP contribution in [0.25, 0.3) is 0 Å². The summed E-state index contributed by atoms with van der Waals surface area (Å²) in [6.07, 6.45) is 6.26. The van der Waals surface area contributed by atoms with E-state index in [2.05, 4.69) is 57.9 Å². The van der Waals surface area contributed by atoms with Gasteiger partial charge in [-0.3, -0.25) is 0 Å². The summed E-state index contributed by atoms with van der Waals surface area (Å²) in [5.41, 5.74) is -0.197. The van der Waals surface area contributed by atoms with Gasteiger partial charge in [-0.05, 0) is 17.8 Å². The molecule has 0 spiro atoms. The van der Waals surface area contributed by atoms with E-state index in [1.807, 2.05) is 0 Å². The molecular formula is C14H25OSi. The first-order valence-corrected chi connectivity index (χ1v) is 6.53. The van der Waals surface area contributed by atoms with Crippen LogP contribution in [0.2, 0.25) is 0 Å². The van der Waals surface area contributed by atoms with Crippen LogP contribution in [0.4, 0.5) is 0 Å². The second kappa shape index (κ2) is 6.47. The van der Waals surface area contributed by atoms with E-state index in [0.717, 1.165) is 6.42 Å². The molecule has 0 saturated heterocycles. The molecule has 0 aliphatic carbocycles. The van der Waals surface area contributed by atoms with Gasteiger partial charge in [0, 0.05) is 12.3 Å². The smallest absolute Gasteiger partial charge is 0.247 e. The summed E-state index contributed by atoms with van der Waals surface area (Å²) < 4.78 is 5.75. The molecule has 0 heterocycles. The van der Waals surface area contributed by atoms with Crippen molar-refractivity contribution in [3.63, 3.8) is 0 Å². The van der Waals surface area contributed by atoms with Gasteiger partial charge in [-0.1, -0.05) is 41.5 Å². The van der Waals surface area contributed by atoms with Crippen LogP contribution in [0.3, 0.4) is 0 Å². The lowest BCUT2D eigenvalue weighted by molar-refractivity contribution is -0.0812. The molecule has 0 bridgehead atoms. The number of rotatable bonds is 6. The van der Waals surface area contributed by atoms with E-state index in [9.17, 15) is 0 Å². The quantitative estimate of drug-likeness (QED) is 0.508. The van der Waals surface area contributed by atoms with Gasteiger partial charge in [0.2, 0.25) is 10.5 Å². The molecule has 16 heavy (non-hydrogen) atoms. The Balaban J connectivity index is 5.35. The Kier molecular flexibility index (Phi) is 6.36. The molecule has 1 unspecified atom stereocenters. The fourth-order valence-electron chi connectivity index (χ4n) is 2.88. The van der Waals surface area contributed by atoms with E-state index in [4.69, 9.17) is 10.8 Å². The van der Waals surface area contributed by atoms with E-state index in [1.54, 1.807) is 0 Å². The highest BCUT2D eigenvalue weighted by molar-refractivity contribution is 5.98. The SMILES string of the molecule is C#CCC(C(C)C)C(O[Si])(C(C)C)C(C)C. The topological polar surface area (TPSA) is 9.23 Å². The summed E-state index contributed by atoms with van der Waals surface area (Å²) in [5.74, 6) is 4.52. The molecule has 91 valence electrons. The maximum atomic E-state index is 5.75. The third kappa shape index (κ3) is 2.90. The van der Waals surface area contributed by atoms with Crippen LogP contribution in [0.5, 0.6) is 0 Å². The van der Waals surface area contributed by atoms with Crippen molar-refractivity contribution in [2.24, 2.45) is 23.7 Å². The number of hydrogen-bond donors (Lipinski definition) is 0. The van der Waals surface area contributed by atoms with Crippen molar-refractivity contribution in [2.75, 3.05) is 0 Å². The minimum atomic E-state index is -0.197. The minimum Gasteiger partial charge on any atom is -0.412 e. The molecule has 0 fully saturated rings. The van der Waals surface area contributed by atoms with Gasteiger partial charge in [-0.25, -0.2) is 0 Å². The molecule has 0 rings (SSSR count). The van der Waals surface area contributed by atoms with Crippen molar-refractivity contribution in [1.29, 1.82) is 0 Å². The molecule has 0 aromatic heterocycles. The largest absolute Gasteiger partial charge is 0.412 e. The van der Waals surface area contributed by atoms with Gasteiger partial charge in [0.1, 0.15) is 0 Å². The predicted octanol–water partition coefficient (Wildman–Crippen LogP) is 3.43. The van der Waals surface area contributed by atoms with Crippen molar-refractivity contribution >= 4 is 10.5 Å². The summed E-state index contributed by atoms with van der Waals surface area (Å²) >= 11 is 0. The first-order valence-electron chi connectivity index (χ1n) is 6.12. The molecule has 2 heteroatoms. The van der Waals surface area contributed by atoms with E-state index in [1.165, 1.54) is 0 Å². The molecular weight excluding hydrogens is 212 g/mol. The maximum absolute atomic E-state index is 5.75. The maximum Gasteiger partial charge on any atom is 0.247 e. The minimum absolute atomic E-state index is 0.197. The lowest BCUT2D eigenvalue weighted by atomic mass is 9.66. The van der Waals surface area contributed by atoms with E-state index >= 15 is 0 Å². The van der Waals surface area contributed by atoms with Gasteiger partial charge in [0.25, 0.3) is 0 Å². The van der Waals surface area contributed by atoms with Gasteiger partial charge in [-0.15, -0.1) is 12.3 Å². The van der Waals surface area contributed by atoms with Gasteiger partial charge in [0.15, 0.2) is 0 Å². The van der Waals surface area contributed by atoms with Crippen molar-refractivity contribution in [1.82, 2.24) is 0 Å². The average Bonchev–Trinajstić information content (AvgIpc) is 2.16. The second-order valence-electron chi connectivity index (χ2n) is 5.52. The van der Waals surface area contributed by atoms with Crippen LogP contribution >= 0.6 is 0 Å². The average molecular weight is 237 g/mol. The Bertz CT molecular complexity index is 230. The van der Waals surface area contributed by atoms with E-state index in [0.29, 0.717) is 23.7 Å². The summed E-state index contributed by atoms with van der Waals surface area (Å²) in [4.78, 5) is 0. The van der Waals surface area contributed by atoms with Crippen LogP contribution in [0.15, 0.2) is 0 Å². The van der Waals surface area contributed by atoms with E-state index < -0.39 is 0 Å². The summed E-state index contributed by atoms with van der Waals surface area (Å²) in [7, 11) is 3.30. The van der Waals surface area contributed by atoms with Crippen LogP contribution in [-0.4, -0.2) is 16.1 Å². The van der Waals surface area contributed by atoms with Crippen molar-refractivity contribution in [3.05, 3.63) is 0 Å². The zero-order chi connectivity index (χ0) is 12.9. The predicted molar refractivity (Wildman–Crippen MR) is 71.0 cm³/mol. The zero-order valence-corrected chi connectivity index (χ0v) is 12.5. The second-order valence-corrected chi connectivity index (χ2v) is 5.73. The third-order valence-corrected chi connectivity index (χ3v) is 4.06. The van der Waals surface area contributed by atoms with Crippen molar-refractivity contribution in [3.8, 4) is 12.3 Å². The van der Waals surface area contributed by atoms with Gasteiger partial charge >= 0.3 is 0 Å². The standard InChI is InChI=1S/C14H25OSi/c1-8-9-13(10(2)3)14(15-16,11(4)5)12(6)7/h1,10-13H,9H2,2-7H3. The lowest BCUT2D eigenvalue weighted by Gasteiger charge is -2.48. The van der Waals surface area contributed by atoms with Crippen LogP contribution in [0.1, 0.15) is 48.0 Å². The number of hydrogen-bond acceptors (Lipinski definition) is 1. The lowest BCUT2D eigenvalue weighted by Crippen LogP contribution is -2.51. The van der Waals surface area contributed by atoms with Crippen LogP contribution in [-0.2, 0) is 4.43 Å². The molecule has 0 saturated carbocycles. The summed E-state index contributed by atoms with van der Waals surface area (Å²) in [5, 5.41) is 0. The molecule has 0 amide bonds. The summed E-state index contributed by atoms with van der Waals surface area (Å²) in [6, 6.07) is 0. The normalized spacial score (nSPS) is 14.6. The molecule has 0 N–H and O–H groups in total. The molecule has 0 aliphatic heterocycles. The highest BCUT2D eigenvalue weighted by Gasteiger charge is 2.44. The van der Waals surface area contributed by atoms with Crippen LogP contribution < -0.4 is 0 Å². The Labute approximate surface area is 105 Å². The first kappa shape index (κ1) is 15.7. The third-order valence-electron chi connectivity index (χ3n) is 3.70. The van der Waals surface area contributed by atoms with Gasteiger partial charge in [-0.2, -0.15) is 0 Å². The molecule has 1 nitrogen and oxygen atoms in total. The molecule has 1 atom stereocenters. The Hall–Kier alpha value is -0.263. The molecule has 3 radical (unpaired) electrons. The van der Waals surface area contributed by atoms with Gasteiger partial charge < -0.3 is 4.43 Å². The zero-order valence-electron chi connectivity index (χ0n) is 11.5. The van der Waals surface area contributed by atoms with Gasteiger partial charge in [0.05, 0.1) is 5.60 Å². The molecule has 0 aromatic carbocycles. The highest BCUT2D eigenvalue weighted by atomic mass is 28.2. The molecule has 0 aliphatic rings. The first-order chi connectivity index (χ1) is 7.34. The monoisotopic (exact) mass is 237 g/mol. The summed E-state index contributed by atoms with van der Waals surface area (Å²) in [6.45, 7) is 13.2. The fraction of sp³-hybridized carbons (Fsp3) is 0.857. The van der Waals surface area contributed by atoms with Crippen molar-refractivity contribution in [2.45, 2.75) is 53.6 Å².